The predicted octanol–water partition coefficient (Wildman–Crippen LogP) is -1.05. The van der Waals surface area contributed by atoms with E-state index in [2.05, 4.69) is 4.18 Å². The largest absolute Gasteiger partial charge is 0.397 e. The van der Waals surface area contributed by atoms with E-state index in [4.69, 9.17) is 10.2 Å². The number of aliphatic hydroxyl groups is 2. The molecule has 0 rings (SSSR count). The molecule has 0 bridgehead atoms. The first kappa shape index (κ1) is 13.4. The summed E-state index contributed by atoms with van der Waals surface area (Å²) >= 11 is 0. The van der Waals surface area contributed by atoms with Crippen LogP contribution in [-0.4, -0.2) is 44.7 Å². The average Bonchev–Trinajstić information content (AvgIpc) is 1.90. The first-order valence-electron chi connectivity index (χ1n) is 3.04. The van der Waals surface area contributed by atoms with Gasteiger partial charge in [0.2, 0.25) is 0 Å². The summed E-state index contributed by atoms with van der Waals surface area (Å²) < 4.78 is 24.4. The van der Waals surface area contributed by atoms with Crippen molar-refractivity contribution in [3.05, 3.63) is 0 Å². The van der Waals surface area contributed by atoms with Crippen molar-refractivity contribution in [2.45, 2.75) is 6.92 Å². The van der Waals surface area contributed by atoms with Gasteiger partial charge in [-0.05, 0) is 6.92 Å². The van der Waals surface area contributed by atoms with Gasteiger partial charge < -0.3 is 10.2 Å². The van der Waals surface area contributed by atoms with Gasteiger partial charge in [0, 0.05) is 6.61 Å². The highest BCUT2D eigenvalue weighted by atomic mass is 32.2. The molecule has 0 aromatic rings. The molecule has 0 aromatic heterocycles. The van der Waals surface area contributed by atoms with Crippen LogP contribution in [0.3, 0.4) is 0 Å². The van der Waals surface area contributed by atoms with Gasteiger partial charge in [0.25, 0.3) is 10.1 Å². The molecule has 2 N–H and O–H groups in total. The van der Waals surface area contributed by atoms with E-state index in [9.17, 15) is 8.42 Å². The maximum absolute atomic E-state index is 10.2. The summed E-state index contributed by atoms with van der Waals surface area (Å²) in [5.41, 5.74) is 0. The second kappa shape index (κ2) is 7.93. The van der Waals surface area contributed by atoms with E-state index in [1.807, 2.05) is 0 Å². The minimum Gasteiger partial charge on any atom is -0.397 e. The van der Waals surface area contributed by atoms with Crippen LogP contribution in [0, 0.1) is 0 Å². The Labute approximate surface area is 66.7 Å². The topological polar surface area (TPSA) is 83.8 Å². The monoisotopic (exact) mass is 186 g/mol. The van der Waals surface area contributed by atoms with Crippen molar-refractivity contribution >= 4 is 10.1 Å². The van der Waals surface area contributed by atoms with Crippen molar-refractivity contribution in [2.75, 3.05) is 26.1 Å². The smallest absolute Gasteiger partial charge is 0.269 e. The van der Waals surface area contributed by atoms with E-state index in [1.165, 1.54) is 0 Å². The van der Waals surface area contributed by atoms with E-state index in [0.29, 0.717) is 0 Å². The van der Waals surface area contributed by atoms with Crippen LogP contribution in [0.4, 0.5) is 0 Å². The molecule has 0 saturated carbocycles. The van der Waals surface area contributed by atoms with Crippen molar-refractivity contribution in [3.63, 3.8) is 0 Å². The van der Waals surface area contributed by atoms with Gasteiger partial charge in [-0.25, -0.2) is 0 Å². The Kier molecular flexibility index (Phi) is 9.68. The van der Waals surface area contributed by atoms with Crippen LogP contribution in [0.1, 0.15) is 6.92 Å². The molecule has 0 amide bonds. The molecule has 0 spiro atoms. The fourth-order valence-corrected chi connectivity index (χ4v) is 0.585. The van der Waals surface area contributed by atoms with Crippen LogP contribution in [0.25, 0.3) is 0 Å². The number of hydrogen-bond acceptors (Lipinski definition) is 5. The van der Waals surface area contributed by atoms with Crippen molar-refractivity contribution < 1.29 is 22.8 Å². The highest BCUT2D eigenvalue weighted by Crippen LogP contribution is 1.86. The normalized spacial score (nSPS) is 10.2. The van der Waals surface area contributed by atoms with Crippen molar-refractivity contribution in [2.24, 2.45) is 0 Å². The lowest BCUT2D eigenvalue weighted by Gasteiger charge is -1.94. The van der Waals surface area contributed by atoms with E-state index >= 15 is 0 Å². The first-order chi connectivity index (χ1) is 5.04. The summed E-state index contributed by atoms with van der Waals surface area (Å²) in [6.07, 6.45) is 0. The number of rotatable bonds is 3. The molecular formula is C5H14O5S. The van der Waals surface area contributed by atoms with Crippen molar-refractivity contribution in [1.82, 2.24) is 0 Å². The van der Waals surface area contributed by atoms with Crippen LogP contribution >= 0.6 is 0 Å². The molecule has 0 atom stereocenters. The zero-order valence-corrected chi connectivity index (χ0v) is 7.47. The Morgan fingerprint density at radius 2 is 1.73 bits per heavy atom. The molecule has 5 nitrogen and oxygen atoms in total. The summed E-state index contributed by atoms with van der Waals surface area (Å²) in [6, 6.07) is 0. The van der Waals surface area contributed by atoms with Gasteiger partial charge in [-0.3, -0.25) is 4.18 Å². The van der Waals surface area contributed by atoms with E-state index in [0.717, 1.165) is 7.11 Å². The minimum atomic E-state index is -3.42. The SMILES string of the molecule is CCO.COS(=O)(=O)CCO. The molecule has 11 heavy (non-hydrogen) atoms. The third-order valence-corrected chi connectivity index (χ3v) is 1.79. The third kappa shape index (κ3) is 12.9. The lowest BCUT2D eigenvalue weighted by Crippen LogP contribution is -2.10. The van der Waals surface area contributed by atoms with Crippen molar-refractivity contribution in [1.29, 1.82) is 0 Å². The highest BCUT2D eigenvalue weighted by molar-refractivity contribution is 7.86. The maximum Gasteiger partial charge on any atom is 0.269 e. The number of aliphatic hydroxyl groups excluding tert-OH is 2. The molecule has 0 aliphatic heterocycles. The standard InChI is InChI=1S/C3H8O4S.C2H6O/c1-7-8(5,6)3-2-4;1-2-3/h4H,2-3H2,1H3;3H,2H2,1H3. The van der Waals surface area contributed by atoms with Crippen LogP contribution < -0.4 is 0 Å². The maximum atomic E-state index is 10.2. The summed E-state index contributed by atoms with van der Waals surface area (Å²) in [5.74, 6) is -0.330. The molecule has 0 aliphatic carbocycles. The quantitative estimate of drug-likeness (QED) is 0.550. The molecule has 0 aliphatic rings. The minimum absolute atomic E-state index is 0.250. The Balaban J connectivity index is 0. The van der Waals surface area contributed by atoms with Gasteiger partial charge in [-0.15, -0.1) is 0 Å². The predicted molar refractivity (Wildman–Crippen MR) is 40.6 cm³/mol. The second-order valence-electron chi connectivity index (χ2n) is 1.47. The zero-order chi connectivity index (χ0) is 9.33. The van der Waals surface area contributed by atoms with Gasteiger partial charge in [-0.1, -0.05) is 0 Å². The Morgan fingerprint density at radius 1 is 1.36 bits per heavy atom. The summed E-state index contributed by atoms with van der Waals surface area (Å²) in [4.78, 5) is 0. The van der Waals surface area contributed by atoms with Gasteiger partial charge in [0.15, 0.2) is 0 Å². The molecule has 0 saturated heterocycles. The molecule has 0 fully saturated rings. The van der Waals surface area contributed by atoms with E-state index < -0.39 is 16.7 Å². The molecule has 70 valence electrons. The Morgan fingerprint density at radius 3 is 1.82 bits per heavy atom. The van der Waals surface area contributed by atoms with Gasteiger partial charge >= 0.3 is 0 Å². The Bertz CT molecular complexity index is 150. The molecule has 0 aromatic carbocycles. The summed E-state index contributed by atoms with van der Waals surface area (Å²) in [5, 5.41) is 15.6. The Hall–Kier alpha value is -0.170. The van der Waals surface area contributed by atoms with Crippen LogP contribution in [-0.2, 0) is 14.3 Å². The van der Waals surface area contributed by atoms with Gasteiger partial charge in [-0.2, -0.15) is 8.42 Å². The third-order valence-electron chi connectivity index (χ3n) is 0.595. The zero-order valence-electron chi connectivity index (χ0n) is 6.65. The lowest BCUT2D eigenvalue weighted by molar-refractivity contribution is 0.310. The van der Waals surface area contributed by atoms with Gasteiger partial charge in [0.05, 0.1) is 19.5 Å². The van der Waals surface area contributed by atoms with Gasteiger partial charge in [0.1, 0.15) is 0 Å². The molecule has 0 unspecified atom stereocenters. The van der Waals surface area contributed by atoms with Crippen LogP contribution in [0.2, 0.25) is 0 Å². The second-order valence-corrected chi connectivity index (χ2v) is 3.33. The highest BCUT2D eigenvalue weighted by Gasteiger charge is 2.04. The fourth-order valence-electron chi connectivity index (χ4n) is 0.195. The fraction of sp³-hybridized carbons (Fsp3) is 1.00. The summed E-state index contributed by atoms with van der Waals surface area (Å²) in [6.45, 7) is 1.54. The first-order valence-corrected chi connectivity index (χ1v) is 4.61. The molecule has 0 radical (unpaired) electrons. The molecule has 0 heterocycles. The van der Waals surface area contributed by atoms with Crippen LogP contribution in [0.15, 0.2) is 0 Å². The molecule has 6 heteroatoms. The number of hydrogen-bond donors (Lipinski definition) is 2. The lowest BCUT2D eigenvalue weighted by atomic mass is 10.9. The van der Waals surface area contributed by atoms with E-state index in [1.54, 1.807) is 6.92 Å². The average molecular weight is 186 g/mol. The summed E-state index contributed by atoms with van der Waals surface area (Å²) in [7, 11) is -2.36. The molecular weight excluding hydrogens is 172 g/mol. The van der Waals surface area contributed by atoms with E-state index in [-0.39, 0.29) is 12.4 Å². The van der Waals surface area contributed by atoms with Crippen LogP contribution in [0.5, 0.6) is 0 Å². The van der Waals surface area contributed by atoms with Crippen molar-refractivity contribution in [3.8, 4) is 0 Å².